The number of nitrogens with two attached hydrogens (primary N) is 1. The standard InChI is InChI=1S/C14H22N2O2/c1-11(2)7-8-18-10-14(17)16-13-5-3-12(9-15)4-6-13/h3-6,11H,7-10,15H2,1-2H3,(H,16,17). The maximum Gasteiger partial charge on any atom is 0.250 e. The average molecular weight is 250 g/mol. The lowest BCUT2D eigenvalue weighted by molar-refractivity contribution is -0.120. The molecule has 0 atom stereocenters. The number of anilines is 1. The first-order valence-electron chi connectivity index (χ1n) is 6.28. The Morgan fingerprint density at radius 2 is 2.00 bits per heavy atom. The van der Waals surface area contributed by atoms with Crippen LogP contribution in [0.2, 0.25) is 0 Å². The van der Waals surface area contributed by atoms with E-state index < -0.39 is 0 Å². The number of carbonyl (C=O) groups is 1. The van der Waals surface area contributed by atoms with Crippen LogP contribution in [0.3, 0.4) is 0 Å². The van der Waals surface area contributed by atoms with Gasteiger partial charge in [-0.15, -0.1) is 0 Å². The number of benzene rings is 1. The maximum atomic E-state index is 11.6. The molecule has 100 valence electrons. The molecule has 0 unspecified atom stereocenters. The molecular formula is C14H22N2O2. The summed E-state index contributed by atoms with van der Waals surface area (Å²) >= 11 is 0. The fourth-order valence-corrected chi connectivity index (χ4v) is 1.41. The van der Waals surface area contributed by atoms with Gasteiger partial charge in [-0.25, -0.2) is 0 Å². The van der Waals surface area contributed by atoms with E-state index >= 15 is 0 Å². The van der Waals surface area contributed by atoms with Crippen molar-refractivity contribution in [2.45, 2.75) is 26.8 Å². The number of rotatable bonds is 7. The molecule has 1 aromatic carbocycles. The zero-order valence-corrected chi connectivity index (χ0v) is 11.1. The fourth-order valence-electron chi connectivity index (χ4n) is 1.41. The number of amides is 1. The first-order valence-corrected chi connectivity index (χ1v) is 6.28. The molecule has 0 spiro atoms. The van der Waals surface area contributed by atoms with E-state index in [1.807, 2.05) is 24.3 Å². The van der Waals surface area contributed by atoms with Gasteiger partial charge in [0.05, 0.1) is 0 Å². The van der Waals surface area contributed by atoms with Crippen molar-refractivity contribution < 1.29 is 9.53 Å². The number of ether oxygens (including phenoxy) is 1. The lowest BCUT2D eigenvalue weighted by Crippen LogP contribution is -2.19. The van der Waals surface area contributed by atoms with E-state index in [-0.39, 0.29) is 12.5 Å². The highest BCUT2D eigenvalue weighted by Crippen LogP contribution is 2.08. The molecule has 4 heteroatoms. The Labute approximate surface area is 109 Å². The minimum absolute atomic E-state index is 0.103. The van der Waals surface area contributed by atoms with Crippen molar-refractivity contribution in [1.82, 2.24) is 0 Å². The smallest absolute Gasteiger partial charge is 0.250 e. The second kappa shape index (κ2) is 7.84. The van der Waals surface area contributed by atoms with E-state index in [2.05, 4.69) is 19.2 Å². The highest BCUT2D eigenvalue weighted by Gasteiger charge is 2.03. The summed E-state index contributed by atoms with van der Waals surface area (Å²) in [6.45, 7) is 5.49. The third-order valence-corrected chi connectivity index (χ3v) is 2.55. The van der Waals surface area contributed by atoms with Crippen LogP contribution in [0.4, 0.5) is 5.69 Å². The first kappa shape index (κ1) is 14.7. The van der Waals surface area contributed by atoms with Crippen LogP contribution < -0.4 is 11.1 Å². The molecule has 0 saturated heterocycles. The van der Waals surface area contributed by atoms with Gasteiger partial charge in [-0.2, -0.15) is 0 Å². The second-order valence-electron chi connectivity index (χ2n) is 4.68. The van der Waals surface area contributed by atoms with Crippen LogP contribution in [0.15, 0.2) is 24.3 Å². The van der Waals surface area contributed by atoms with Gasteiger partial charge < -0.3 is 15.8 Å². The normalized spacial score (nSPS) is 10.7. The van der Waals surface area contributed by atoms with Gasteiger partial charge in [0, 0.05) is 18.8 Å². The Morgan fingerprint density at radius 3 is 2.56 bits per heavy atom. The first-order chi connectivity index (χ1) is 8.61. The van der Waals surface area contributed by atoms with Crippen molar-refractivity contribution in [3.05, 3.63) is 29.8 Å². The zero-order valence-electron chi connectivity index (χ0n) is 11.1. The van der Waals surface area contributed by atoms with Gasteiger partial charge in [0.25, 0.3) is 0 Å². The predicted molar refractivity (Wildman–Crippen MR) is 73.2 cm³/mol. The molecule has 4 nitrogen and oxygen atoms in total. The highest BCUT2D eigenvalue weighted by molar-refractivity contribution is 5.91. The fraction of sp³-hybridized carbons (Fsp3) is 0.500. The summed E-state index contributed by atoms with van der Waals surface area (Å²) in [4.78, 5) is 11.6. The molecule has 0 radical (unpaired) electrons. The summed E-state index contributed by atoms with van der Waals surface area (Å²) < 4.78 is 5.29. The van der Waals surface area contributed by atoms with E-state index in [1.54, 1.807) is 0 Å². The van der Waals surface area contributed by atoms with Gasteiger partial charge in [0.2, 0.25) is 5.91 Å². The number of hydrogen-bond donors (Lipinski definition) is 2. The van der Waals surface area contributed by atoms with Gasteiger partial charge in [-0.05, 0) is 30.0 Å². The van der Waals surface area contributed by atoms with Crippen molar-refractivity contribution >= 4 is 11.6 Å². The minimum atomic E-state index is -0.126. The number of carbonyl (C=O) groups excluding carboxylic acids is 1. The largest absolute Gasteiger partial charge is 0.372 e. The van der Waals surface area contributed by atoms with Crippen molar-refractivity contribution in [2.24, 2.45) is 11.7 Å². The Kier molecular flexibility index (Phi) is 6.39. The van der Waals surface area contributed by atoms with Crippen molar-refractivity contribution in [1.29, 1.82) is 0 Å². The van der Waals surface area contributed by atoms with Crippen molar-refractivity contribution in [2.75, 3.05) is 18.5 Å². The summed E-state index contributed by atoms with van der Waals surface area (Å²) in [6, 6.07) is 7.48. The van der Waals surface area contributed by atoms with Crippen LogP contribution >= 0.6 is 0 Å². The van der Waals surface area contributed by atoms with Gasteiger partial charge in [0.1, 0.15) is 6.61 Å². The SMILES string of the molecule is CC(C)CCOCC(=O)Nc1ccc(CN)cc1. The minimum Gasteiger partial charge on any atom is -0.372 e. The van der Waals surface area contributed by atoms with Crippen LogP contribution in [0, 0.1) is 5.92 Å². The summed E-state index contributed by atoms with van der Waals surface area (Å²) in [6.07, 6.45) is 0.971. The molecule has 1 amide bonds. The quantitative estimate of drug-likeness (QED) is 0.729. The van der Waals surface area contributed by atoms with Crippen LogP contribution in [-0.2, 0) is 16.1 Å². The molecule has 0 heterocycles. The summed E-state index contributed by atoms with van der Waals surface area (Å²) in [5, 5.41) is 2.78. The third kappa shape index (κ3) is 5.80. The average Bonchev–Trinajstić information content (AvgIpc) is 2.35. The number of nitrogens with one attached hydrogen (secondary N) is 1. The van der Waals surface area contributed by atoms with Crippen LogP contribution in [0.5, 0.6) is 0 Å². The molecule has 0 fully saturated rings. The van der Waals surface area contributed by atoms with E-state index in [0.717, 1.165) is 17.7 Å². The Hall–Kier alpha value is -1.39. The van der Waals surface area contributed by atoms with Crippen molar-refractivity contribution in [3.8, 4) is 0 Å². The molecular weight excluding hydrogens is 228 g/mol. The molecule has 0 saturated carbocycles. The highest BCUT2D eigenvalue weighted by atomic mass is 16.5. The molecule has 18 heavy (non-hydrogen) atoms. The molecule has 3 N–H and O–H groups in total. The van der Waals surface area contributed by atoms with Gasteiger partial charge >= 0.3 is 0 Å². The third-order valence-electron chi connectivity index (χ3n) is 2.55. The second-order valence-corrected chi connectivity index (χ2v) is 4.68. The Balaban J connectivity index is 2.26. The van der Waals surface area contributed by atoms with E-state index in [0.29, 0.717) is 19.1 Å². The van der Waals surface area contributed by atoms with Crippen molar-refractivity contribution in [3.63, 3.8) is 0 Å². The van der Waals surface area contributed by atoms with Crippen LogP contribution in [-0.4, -0.2) is 19.1 Å². The lowest BCUT2D eigenvalue weighted by atomic mass is 10.1. The topological polar surface area (TPSA) is 64.3 Å². The van der Waals surface area contributed by atoms with Gasteiger partial charge in [0.15, 0.2) is 0 Å². The maximum absolute atomic E-state index is 11.6. The number of hydrogen-bond acceptors (Lipinski definition) is 3. The Bertz CT molecular complexity index is 361. The Morgan fingerprint density at radius 1 is 1.33 bits per heavy atom. The van der Waals surface area contributed by atoms with Gasteiger partial charge in [-0.1, -0.05) is 26.0 Å². The van der Waals surface area contributed by atoms with Crippen LogP contribution in [0.25, 0.3) is 0 Å². The molecule has 1 rings (SSSR count). The monoisotopic (exact) mass is 250 g/mol. The lowest BCUT2D eigenvalue weighted by Gasteiger charge is -2.08. The van der Waals surface area contributed by atoms with E-state index in [4.69, 9.17) is 10.5 Å². The van der Waals surface area contributed by atoms with E-state index in [1.165, 1.54) is 0 Å². The zero-order chi connectivity index (χ0) is 13.4. The molecule has 0 aliphatic heterocycles. The molecule has 0 aliphatic rings. The summed E-state index contributed by atoms with van der Waals surface area (Å²) in [5.41, 5.74) is 7.31. The van der Waals surface area contributed by atoms with E-state index in [9.17, 15) is 4.79 Å². The molecule has 0 bridgehead atoms. The van der Waals surface area contributed by atoms with Gasteiger partial charge in [-0.3, -0.25) is 4.79 Å². The molecule has 0 aliphatic carbocycles. The predicted octanol–water partition coefficient (Wildman–Crippen LogP) is 2.15. The summed E-state index contributed by atoms with van der Waals surface area (Å²) in [7, 11) is 0. The van der Waals surface area contributed by atoms with Crippen LogP contribution in [0.1, 0.15) is 25.8 Å². The summed E-state index contributed by atoms with van der Waals surface area (Å²) in [5.74, 6) is 0.469. The molecule has 0 aromatic heterocycles. The molecule has 1 aromatic rings.